The third kappa shape index (κ3) is 4.46. The topological polar surface area (TPSA) is 47.4 Å². The van der Waals surface area contributed by atoms with E-state index in [1.54, 1.807) is 23.5 Å². The number of ether oxygens (including phenoxy) is 1. The van der Waals surface area contributed by atoms with E-state index >= 15 is 0 Å². The summed E-state index contributed by atoms with van der Waals surface area (Å²) in [5.41, 5.74) is 2.05. The highest BCUT2D eigenvalue weighted by Crippen LogP contribution is 2.46. The highest BCUT2D eigenvalue weighted by molar-refractivity contribution is 5.70. The third-order valence-electron chi connectivity index (χ3n) is 5.15. The van der Waals surface area contributed by atoms with Gasteiger partial charge in [0.1, 0.15) is 11.4 Å². The van der Waals surface area contributed by atoms with Gasteiger partial charge in [-0.05, 0) is 39.7 Å². The first-order valence-electron chi connectivity index (χ1n) is 10.5. The first-order chi connectivity index (χ1) is 13.8. The maximum atomic E-state index is 14.7. The normalized spacial score (nSPS) is 20.4. The maximum absolute atomic E-state index is 14.7. The monoisotopic (exact) mass is 401 g/mol. The SMILES string of the molecule is CC(C)(C)OC(=O)N1CCCC(C2c3c(F)cccc3-c3cncn32)C1.CCC. The molecule has 1 fully saturated rings. The summed E-state index contributed by atoms with van der Waals surface area (Å²) in [7, 11) is 0. The Hall–Kier alpha value is -2.37. The van der Waals surface area contributed by atoms with Crippen LogP contribution in [-0.2, 0) is 4.74 Å². The third-order valence-corrected chi connectivity index (χ3v) is 5.15. The van der Waals surface area contributed by atoms with Crippen molar-refractivity contribution in [1.29, 1.82) is 0 Å². The van der Waals surface area contributed by atoms with Crippen molar-refractivity contribution in [2.75, 3.05) is 13.1 Å². The molecule has 0 saturated carbocycles. The molecule has 2 unspecified atom stereocenters. The fourth-order valence-corrected chi connectivity index (χ4v) is 4.16. The fraction of sp³-hybridized carbons (Fsp3) is 0.565. The summed E-state index contributed by atoms with van der Waals surface area (Å²) in [6, 6.07) is 5.07. The zero-order valence-electron chi connectivity index (χ0n) is 18.1. The van der Waals surface area contributed by atoms with Crippen LogP contribution in [0.25, 0.3) is 11.3 Å². The second-order valence-electron chi connectivity index (χ2n) is 8.87. The summed E-state index contributed by atoms with van der Waals surface area (Å²) in [6.07, 6.45) is 6.34. The summed E-state index contributed by atoms with van der Waals surface area (Å²) in [6.45, 7) is 11.1. The molecule has 3 heterocycles. The quantitative estimate of drug-likeness (QED) is 0.620. The highest BCUT2D eigenvalue weighted by Gasteiger charge is 2.39. The molecule has 0 bridgehead atoms. The average Bonchev–Trinajstić information content (AvgIpc) is 3.23. The molecule has 0 aliphatic carbocycles. The van der Waals surface area contributed by atoms with E-state index < -0.39 is 5.60 Å². The van der Waals surface area contributed by atoms with Gasteiger partial charge in [0.05, 0.1) is 24.3 Å². The standard InChI is InChI=1S/C20H24FN3O2.C3H8/c1-20(2,3)26-19(25)23-9-5-6-13(11-23)18-17-14(7-4-8-15(17)21)16-10-22-12-24(16)18;1-3-2/h4,7-8,10,12-13,18H,5-6,9,11H2,1-3H3;3H2,1-2H3. The first kappa shape index (κ1) is 21.3. The van der Waals surface area contributed by atoms with Crippen molar-refractivity contribution in [2.45, 2.75) is 65.5 Å². The molecule has 29 heavy (non-hydrogen) atoms. The molecule has 4 rings (SSSR count). The van der Waals surface area contributed by atoms with Gasteiger partial charge in [0, 0.05) is 30.1 Å². The van der Waals surface area contributed by atoms with E-state index in [0.717, 1.165) is 29.7 Å². The van der Waals surface area contributed by atoms with Gasteiger partial charge >= 0.3 is 6.09 Å². The number of hydrogen-bond acceptors (Lipinski definition) is 3. The number of halogens is 1. The van der Waals surface area contributed by atoms with E-state index in [2.05, 4.69) is 23.4 Å². The van der Waals surface area contributed by atoms with Crippen molar-refractivity contribution in [1.82, 2.24) is 14.5 Å². The number of nitrogens with zero attached hydrogens (tertiary/aromatic N) is 3. The first-order valence-corrected chi connectivity index (χ1v) is 10.5. The van der Waals surface area contributed by atoms with Crippen LogP contribution in [0, 0.1) is 11.7 Å². The van der Waals surface area contributed by atoms with E-state index in [9.17, 15) is 9.18 Å². The van der Waals surface area contributed by atoms with Gasteiger partial charge in [-0.3, -0.25) is 0 Å². The zero-order chi connectivity index (χ0) is 21.2. The number of hydrogen-bond donors (Lipinski definition) is 0. The van der Waals surface area contributed by atoms with Gasteiger partial charge in [0.15, 0.2) is 0 Å². The van der Waals surface area contributed by atoms with Crippen LogP contribution in [0.4, 0.5) is 9.18 Å². The van der Waals surface area contributed by atoms with Crippen LogP contribution < -0.4 is 0 Å². The summed E-state index contributed by atoms with van der Waals surface area (Å²) in [4.78, 5) is 18.5. The zero-order valence-corrected chi connectivity index (χ0v) is 18.1. The van der Waals surface area contributed by atoms with Crippen molar-refractivity contribution >= 4 is 6.09 Å². The van der Waals surface area contributed by atoms with E-state index in [-0.39, 0.29) is 23.9 Å². The van der Waals surface area contributed by atoms with E-state index in [0.29, 0.717) is 13.1 Å². The number of amides is 1. The van der Waals surface area contributed by atoms with Crippen LogP contribution >= 0.6 is 0 Å². The lowest BCUT2D eigenvalue weighted by Crippen LogP contribution is -2.44. The predicted octanol–water partition coefficient (Wildman–Crippen LogP) is 5.66. The largest absolute Gasteiger partial charge is 0.444 e. The molecule has 0 spiro atoms. The van der Waals surface area contributed by atoms with Gasteiger partial charge in [-0.2, -0.15) is 0 Å². The Morgan fingerprint density at radius 2 is 2.03 bits per heavy atom. The molecule has 1 aromatic heterocycles. The molecular formula is C23H32FN3O2. The molecule has 0 N–H and O–H groups in total. The van der Waals surface area contributed by atoms with Crippen molar-refractivity contribution in [3.05, 3.63) is 42.1 Å². The smallest absolute Gasteiger partial charge is 0.410 e. The van der Waals surface area contributed by atoms with Crippen LogP contribution in [0.5, 0.6) is 0 Å². The Morgan fingerprint density at radius 1 is 1.31 bits per heavy atom. The molecule has 0 radical (unpaired) electrons. The molecule has 2 aromatic rings. The Labute approximate surface area is 172 Å². The molecule has 158 valence electrons. The van der Waals surface area contributed by atoms with Crippen LogP contribution in [0.2, 0.25) is 0 Å². The molecule has 6 heteroatoms. The fourth-order valence-electron chi connectivity index (χ4n) is 4.16. The molecule has 1 amide bonds. The van der Waals surface area contributed by atoms with E-state index in [1.165, 1.54) is 12.5 Å². The minimum atomic E-state index is -0.520. The molecule has 1 aromatic carbocycles. The lowest BCUT2D eigenvalue weighted by molar-refractivity contribution is 0.0146. The Morgan fingerprint density at radius 3 is 2.72 bits per heavy atom. The Bertz CT molecular complexity index is 856. The minimum Gasteiger partial charge on any atom is -0.444 e. The lowest BCUT2D eigenvalue weighted by Gasteiger charge is -2.37. The number of benzene rings is 1. The van der Waals surface area contributed by atoms with Crippen molar-refractivity contribution in [3.8, 4) is 11.3 Å². The maximum Gasteiger partial charge on any atom is 0.410 e. The number of piperidine rings is 1. The molecule has 2 aliphatic rings. The summed E-state index contributed by atoms with van der Waals surface area (Å²) >= 11 is 0. The number of carbonyl (C=O) groups is 1. The highest BCUT2D eigenvalue weighted by atomic mass is 19.1. The molecular weight excluding hydrogens is 369 g/mol. The van der Waals surface area contributed by atoms with E-state index in [1.807, 2.05) is 26.8 Å². The molecule has 2 aliphatic heterocycles. The van der Waals surface area contributed by atoms with E-state index in [4.69, 9.17) is 4.74 Å². The number of carbonyl (C=O) groups excluding carboxylic acids is 1. The van der Waals surface area contributed by atoms with Gasteiger partial charge in [0.25, 0.3) is 0 Å². The van der Waals surface area contributed by atoms with Gasteiger partial charge in [-0.25, -0.2) is 14.2 Å². The summed E-state index contributed by atoms with van der Waals surface area (Å²) < 4.78 is 22.3. The number of rotatable bonds is 1. The van der Waals surface area contributed by atoms with Gasteiger partial charge in [-0.15, -0.1) is 0 Å². The van der Waals surface area contributed by atoms with Crippen LogP contribution in [0.15, 0.2) is 30.7 Å². The number of fused-ring (bicyclic) bond motifs is 3. The second-order valence-corrected chi connectivity index (χ2v) is 8.87. The van der Waals surface area contributed by atoms with Crippen molar-refractivity contribution in [3.63, 3.8) is 0 Å². The summed E-state index contributed by atoms with van der Waals surface area (Å²) in [5.74, 6) is -0.0621. The molecule has 1 saturated heterocycles. The summed E-state index contributed by atoms with van der Waals surface area (Å²) in [5, 5.41) is 0. The van der Waals surface area contributed by atoms with Gasteiger partial charge in [0.2, 0.25) is 0 Å². The van der Waals surface area contributed by atoms with Crippen molar-refractivity contribution < 1.29 is 13.9 Å². The Balaban J connectivity index is 0.000000755. The predicted molar refractivity (Wildman–Crippen MR) is 112 cm³/mol. The van der Waals surface area contributed by atoms with Crippen LogP contribution in [0.3, 0.4) is 0 Å². The molecule has 5 nitrogen and oxygen atoms in total. The number of aromatic nitrogens is 2. The lowest BCUT2D eigenvalue weighted by atomic mass is 9.86. The number of imidazole rings is 1. The average molecular weight is 402 g/mol. The number of likely N-dealkylation sites (tertiary alicyclic amines) is 1. The van der Waals surface area contributed by atoms with Gasteiger partial charge in [-0.1, -0.05) is 32.4 Å². The molecule has 2 atom stereocenters. The van der Waals surface area contributed by atoms with Crippen LogP contribution in [-0.4, -0.2) is 39.2 Å². The van der Waals surface area contributed by atoms with Gasteiger partial charge < -0.3 is 14.2 Å². The second kappa shape index (κ2) is 8.56. The minimum absolute atomic E-state index is 0.127. The van der Waals surface area contributed by atoms with Crippen molar-refractivity contribution in [2.24, 2.45) is 5.92 Å². The van der Waals surface area contributed by atoms with Crippen LogP contribution in [0.1, 0.15) is 65.5 Å². The Kier molecular flexibility index (Phi) is 6.30.